The summed E-state index contributed by atoms with van der Waals surface area (Å²) in [6, 6.07) is 20.4. The standard InChI is InChI=1S/C29H30ClN3O2/c1-4-17-32(3)26-10-7-18-33(27-16-13-22(30)19-25(26)27)29(35)21-11-14-23(15-12-21)31-28(34)24-9-6-5-8-20(24)2/h4-6,8-9,11-16,19,26H,1,7,10,17-18H2,2-3H3,(H,31,34). The van der Waals surface area contributed by atoms with Gasteiger partial charge in [0.2, 0.25) is 0 Å². The maximum atomic E-state index is 13.6. The van der Waals surface area contributed by atoms with Crippen LogP contribution in [0.4, 0.5) is 11.4 Å². The highest BCUT2D eigenvalue weighted by atomic mass is 35.5. The quantitative estimate of drug-likeness (QED) is 0.404. The van der Waals surface area contributed by atoms with Crippen molar-refractivity contribution in [2.45, 2.75) is 25.8 Å². The molecule has 0 aromatic heterocycles. The van der Waals surface area contributed by atoms with E-state index in [1.54, 1.807) is 30.3 Å². The fourth-order valence-electron chi connectivity index (χ4n) is 4.63. The Balaban J connectivity index is 1.56. The smallest absolute Gasteiger partial charge is 0.258 e. The molecule has 0 fully saturated rings. The summed E-state index contributed by atoms with van der Waals surface area (Å²) >= 11 is 6.36. The normalized spacial score (nSPS) is 15.3. The number of hydrogen-bond donors (Lipinski definition) is 1. The number of nitrogens with zero attached hydrogens (tertiary/aromatic N) is 2. The number of carbonyl (C=O) groups is 2. The Bertz CT molecular complexity index is 1240. The second-order valence-corrected chi connectivity index (χ2v) is 9.33. The van der Waals surface area contributed by atoms with Crippen molar-refractivity contribution >= 4 is 34.8 Å². The number of halogens is 1. The molecule has 1 unspecified atom stereocenters. The second-order valence-electron chi connectivity index (χ2n) is 8.89. The molecule has 3 aromatic rings. The lowest BCUT2D eigenvalue weighted by molar-refractivity contribution is 0.0985. The first-order valence-corrected chi connectivity index (χ1v) is 12.2. The van der Waals surface area contributed by atoms with Crippen molar-refractivity contribution in [3.63, 3.8) is 0 Å². The van der Waals surface area contributed by atoms with Crippen LogP contribution in [0.3, 0.4) is 0 Å². The second kappa shape index (κ2) is 10.9. The van der Waals surface area contributed by atoms with Gasteiger partial charge in [-0.3, -0.25) is 14.5 Å². The maximum Gasteiger partial charge on any atom is 0.258 e. The van der Waals surface area contributed by atoms with Gasteiger partial charge in [0.05, 0.1) is 0 Å². The highest BCUT2D eigenvalue weighted by Gasteiger charge is 2.29. The Morgan fingerprint density at radius 2 is 1.89 bits per heavy atom. The molecular formula is C29H30ClN3O2. The number of hydrogen-bond acceptors (Lipinski definition) is 3. The van der Waals surface area contributed by atoms with E-state index in [4.69, 9.17) is 11.6 Å². The molecule has 6 heteroatoms. The molecular weight excluding hydrogens is 458 g/mol. The molecule has 1 aliphatic rings. The monoisotopic (exact) mass is 487 g/mol. The summed E-state index contributed by atoms with van der Waals surface area (Å²) in [4.78, 5) is 30.3. The van der Waals surface area contributed by atoms with E-state index in [2.05, 4.69) is 23.8 Å². The van der Waals surface area contributed by atoms with Gasteiger partial charge in [0, 0.05) is 46.7 Å². The minimum absolute atomic E-state index is 0.0719. The summed E-state index contributed by atoms with van der Waals surface area (Å²) in [7, 11) is 2.07. The Hall–Kier alpha value is -3.41. The van der Waals surface area contributed by atoms with Crippen LogP contribution in [0.2, 0.25) is 5.02 Å². The number of fused-ring (bicyclic) bond motifs is 1. The van der Waals surface area contributed by atoms with Crippen LogP contribution in [0.1, 0.15) is 50.7 Å². The molecule has 0 aliphatic carbocycles. The van der Waals surface area contributed by atoms with E-state index in [0.717, 1.165) is 36.2 Å². The van der Waals surface area contributed by atoms with E-state index < -0.39 is 0 Å². The van der Waals surface area contributed by atoms with Crippen molar-refractivity contribution in [2.24, 2.45) is 0 Å². The molecule has 5 nitrogen and oxygen atoms in total. The largest absolute Gasteiger partial charge is 0.322 e. The van der Waals surface area contributed by atoms with E-state index in [1.165, 1.54) is 0 Å². The van der Waals surface area contributed by atoms with Gasteiger partial charge in [0.1, 0.15) is 0 Å². The third-order valence-corrected chi connectivity index (χ3v) is 6.71. The molecule has 35 heavy (non-hydrogen) atoms. The summed E-state index contributed by atoms with van der Waals surface area (Å²) < 4.78 is 0. The average molecular weight is 488 g/mol. The topological polar surface area (TPSA) is 52.6 Å². The third-order valence-electron chi connectivity index (χ3n) is 6.47. The van der Waals surface area contributed by atoms with Gasteiger partial charge in [-0.1, -0.05) is 35.9 Å². The Morgan fingerprint density at radius 1 is 1.14 bits per heavy atom. The number of benzene rings is 3. The van der Waals surface area contributed by atoms with Crippen LogP contribution < -0.4 is 10.2 Å². The predicted molar refractivity (Wildman–Crippen MR) is 144 cm³/mol. The molecule has 3 aromatic carbocycles. The van der Waals surface area contributed by atoms with Gasteiger partial charge in [0.25, 0.3) is 11.8 Å². The Labute approximate surface area is 212 Å². The predicted octanol–water partition coefficient (Wildman–Crippen LogP) is 6.50. The van der Waals surface area contributed by atoms with Gasteiger partial charge < -0.3 is 10.2 Å². The highest BCUT2D eigenvalue weighted by molar-refractivity contribution is 6.30. The number of carbonyl (C=O) groups excluding carboxylic acids is 2. The average Bonchev–Trinajstić information content (AvgIpc) is 3.04. The summed E-state index contributed by atoms with van der Waals surface area (Å²) in [5.41, 5.74) is 4.68. The number of amides is 2. The minimum atomic E-state index is -0.171. The summed E-state index contributed by atoms with van der Waals surface area (Å²) in [5.74, 6) is -0.243. The van der Waals surface area contributed by atoms with Gasteiger partial charge in [-0.2, -0.15) is 0 Å². The number of anilines is 2. The lowest BCUT2D eigenvalue weighted by atomic mass is 10.00. The minimum Gasteiger partial charge on any atom is -0.322 e. The van der Waals surface area contributed by atoms with Crippen LogP contribution in [0, 0.1) is 6.92 Å². The first-order chi connectivity index (χ1) is 16.9. The molecule has 0 bridgehead atoms. The molecule has 0 saturated carbocycles. The van der Waals surface area contributed by atoms with Crippen LogP contribution in [0.15, 0.2) is 79.4 Å². The van der Waals surface area contributed by atoms with Gasteiger partial charge in [-0.05, 0) is 86.5 Å². The Kier molecular flexibility index (Phi) is 7.69. The fourth-order valence-corrected chi connectivity index (χ4v) is 4.82. The SMILES string of the molecule is C=CCN(C)C1CCCN(C(=O)c2ccc(NC(=O)c3ccccc3C)cc2)c2ccc(Cl)cc21. The molecule has 1 aliphatic heterocycles. The molecule has 0 spiro atoms. The van der Waals surface area contributed by atoms with Gasteiger partial charge >= 0.3 is 0 Å². The molecule has 4 rings (SSSR count). The van der Waals surface area contributed by atoms with E-state index in [9.17, 15) is 9.59 Å². The van der Waals surface area contributed by atoms with E-state index in [0.29, 0.717) is 28.4 Å². The van der Waals surface area contributed by atoms with Crippen molar-refractivity contribution in [3.05, 3.63) is 107 Å². The number of aryl methyl sites for hydroxylation is 1. The Morgan fingerprint density at radius 3 is 2.60 bits per heavy atom. The first-order valence-electron chi connectivity index (χ1n) is 11.8. The van der Waals surface area contributed by atoms with Gasteiger partial charge in [0.15, 0.2) is 0 Å². The van der Waals surface area contributed by atoms with Crippen LogP contribution in [-0.4, -0.2) is 36.9 Å². The first kappa shape index (κ1) is 24.7. The zero-order valence-electron chi connectivity index (χ0n) is 20.1. The van der Waals surface area contributed by atoms with Gasteiger partial charge in [-0.15, -0.1) is 6.58 Å². The van der Waals surface area contributed by atoms with Crippen LogP contribution in [-0.2, 0) is 0 Å². The maximum absolute atomic E-state index is 13.6. The molecule has 1 atom stereocenters. The van der Waals surface area contributed by atoms with Crippen LogP contribution >= 0.6 is 11.6 Å². The number of nitrogens with one attached hydrogen (secondary N) is 1. The van der Waals surface area contributed by atoms with Crippen molar-refractivity contribution in [3.8, 4) is 0 Å². The fraction of sp³-hybridized carbons (Fsp3) is 0.241. The highest BCUT2D eigenvalue weighted by Crippen LogP contribution is 2.38. The van der Waals surface area contributed by atoms with E-state index in [1.807, 2.05) is 54.3 Å². The van der Waals surface area contributed by atoms with E-state index in [-0.39, 0.29) is 17.9 Å². The molecule has 2 amide bonds. The van der Waals surface area contributed by atoms with Crippen molar-refractivity contribution in [1.29, 1.82) is 0 Å². The molecule has 180 valence electrons. The molecule has 1 N–H and O–H groups in total. The molecule has 1 heterocycles. The molecule has 0 radical (unpaired) electrons. The van der Waals surface area contributed by atoms with Crippen LogP contribution in [0.5, 0.6) is 0 Å². The van der Waals surface area contributed by atoms with Gasteiger partial charge in [-0.25, -0.2) is 0 Å². The van der Waals surface area contributed by atoms with Crippen molar-refractivity contribution in [1.82, 2.24) is 4.90 Å². The van der Waals surface area contributed by atoms with Crippen LogP contribution in [0.25, 0.3) is 0 Å². The zero-order valence-corrected chi connectivity index (χ0v) is 20.9. The summed E-state index contributed by atoms with van der Waals surface area (Å²) in [6.45, 7) is 7.14. The molecule has 0 saturated heterocycles. The number of likely N-dealkylation sites (N-methyl/N-ethyl adjacent to an activating group) is 1. The third kappa shape index (κ3) is 5.47. The van der Waals surface area contributed by atoms with E-state index >= 15 is 0 Å². The zero-order chi connectivity index (χ0) is 24.9. The number of rotatable bonds is 6. The summed E-state index contributed by atoms with van der Waals surface area (Å²) in [5, 5.41) is 3.57. The van der Waals surface area contributed by atoms with Crippen molar-refractivity contribution in [2.75, 3.05) is 30.4 Å². The summed E-state index contributed by atoms with van der Waals surface area (Å²) in [6.07, 6.45) is 3.68. The van der Waals surface area contributed by atoms with Crippen molar-refractivity contribution < 1.29 is 9.59 Å². The lowest BCUT2D eigenvalue weighted by Crippen LogP contribution is -2.32. The lowest BCUT2D eigenvalue weighted by Gasteiger charge is -2.29.